The SMILES string of the molecule is O=C(NNC(=S)NCCSc1ccccc1)c1ccco1. The third kappa shape index (κ3) is 5.49. The molecule has 0 atom stereocenters. The molecule has 0 aliphatic carbocycles. The summed E-state index contributed by atoms with van der Waals surface area (Å²) in [5.74, 6) is 0.727. The van der Waals surface area contributed by atoms with Crippen LogP contribution in [0.25, 0.3) is 0 Å². The second-order valence-electron chi connectivity index (χ2n) is 3.97. The van der Waals surface area contributed by atoms with Crippen LogP contribution in [0.5, 0.6) is 0 Å². The van der Waals surface area contributed by atoms with Gasteiger partial charge >= 0.3 is 5.91 Å². The fraction of sp³-hybridized carbons (Fsp3) is 0.143. The lowest BCUT2D eigenvalue weighted by Crippen LogP contribution is -2.47. The van der Waals surface area contributed by atoms with Crippen molar-refractivity contribution in [1.82, 2.24) is 16.2 Å². The number of amides is 1. The fourth-order valence-electron chi connectivity index (χ4n) is 1.48. The first-order valence-corrected chi connectivity index (χ1v) is 7.70. The molecule has 1 amide bonds. The van der Waals surface area contributed by atoms with E-state index in [4.69, 9.17) is 16.6 Å². The number of thioether (sulfide) groups is 1. The molecule has 0 saturated heterocycles. The highest BCUT2D eigenvalue weighted by Gasteiger charge is 2.07. The van der Waals surface area contributed by atoms with E-state index in [2.05, 4.69) is 28.3 Å². The summed E-state index contributed by atoms with van der Waals surface area (Å²) in [6, 6.07) is 13.3. The van der Waals surface area contributed by atoms with Crippen LogP contribution in [0.4, 0.5) is 0 Å². The van der Waals surface area contributed by atoms with Crippen LogP contribution in [0, 0.1) is 0 Å². The van der Waals surface area contributed by atoms with Gasteiger partial charge < -0.3 is 9.73 Å². The molecule has 0 radical (unpaired) electrons. The van der Waals surface area contributed by atoms with Gasteiger partial charge in [0.2, 0.25) is 0 Å². The van der Waals surface area contributed by atoms with Crippen LogP contribution in [-0.4, -0.2) is 23.3 Å². The molecule has 0 fully saturated rings. The highest BCUT2D eigenvalue weighted by Crippen LogP contribution is 2.15. The molecule has 110 valence electrons. The Kier molecular flexibility index (Phi) is 6.11. The summed E-state index contributed by atoms with van der Waals surface area (Å²) in [4.78, 5) is 12.8. The van der Waals surface area contributed by atoms with Gasteiger partial charge in [0.25, 0.3) is 0 Å². The van der Waals surface area contributed by atoms with Crippen LogP contribution < -0.4 is 16.2 Å². The van der Waals surface area contributed by atoms with Crippen LogP contribution in [0.15, 0.2) is 58.0 Å². The summed E-state index contributed by atoms with van der Waals surface area (Å²) in [6.45, 7) is 0.696. The van der Waals surface area contributed by atoms with Crippen molar-refractivity contribution >= 4 is 35.0 Å². The number of thiocarbonyl (C=S) groups is 1. The molecule has 0 spiro atoms. The van der Waals surface area contributed by atoms with E-state index < -0.39 is 0 Å². The molecule has 7 heteroatoms. The largest absolute Gasteiger partial charge is 0.459 e. The summed E-state index contributed by atoms with van der Waals surface area (Å²) in [7, 11) is 0. The van der Waals surface area contributed by atoms with E-state index in [-0.39, 0.29) is 11.7 Å². The molecular weight excluding hydrogens is 306 g/mol. The Morgan fingerprint density at radius 3 is 2.67 bits per heavy atom. The predicted molar refractivity (Wildman–Crippen MR) is 87.1 cm³/mol. The van der Waals surface area contributed by atoms with Gasteiger partial charge in [-0.15, -0.1) is 11.8 Å². The highest BCUT2D eigenvalue weighted by molar-refractivity contribution is 7.99. The Morgan fingerprint density at radius 2 is 1.95 bits per heavy atom. The van der Waals surface area contributed by atoms with Gasteiger partial charge in [-0.25, -0.2) is 0 Å². The maximum Gasteiger partial charge on any atom is 0.305 e. The van der Waals surface area contributed by atoms with Gasteiger partial charge in [0.1, 0.15) is 0 Å². The van der Waals surface area contributed by atoms with E-state index in [1.54, 1.807) is 23.9 Å². The maximum absolute atomic E-state index is 11.6. The van der Waals surface area contributed by atoms with Crippen LogP contribution in [0.2, 0.25) is 0 Å². The molecule has 21 heavy (non-hydrogen) atoms. The molecule has 0 saturated carbocycles. The van der Waals surface area contributed by atoms with Gasteiger partial charge in [0.15, 0.2) is 10.9 Å². The standard InChI is InChI=1S/C14H15N3O2S2/c18-13(12-7-4-9-19-12)16-17-14(20)15-8-10-21-11-5-2-1-3-6-11/h1-7,9H,8,10H2,(H,16,18)(H2,15,17,20). The number of carbonyl (C=O) groups excluding carboxylic acids is 1. The molecule has 0 aliphatic heterocycles. The molecule has 3 N–H and O–H groups in total. The molecule has 0 bridgehead atoms. The van der Waals surface area contributed by atoms with Gasteiger partial charge in [-0.3, -0.25) is 15.6 Å². The smallest absolute Gasteiger partial charge is 0.305 e. The van der Waals surface area contributed by atoms with E-state index in [1.807, 2.05) is 18.2 Å². The normalized spacial score (nSPS) is 9.90. The first-order chi connectivity index (χ1) is 10.3. The van der Waals surface area contributed by atoms with E-state index in [9.17, 15) is 4.79 Å². The molecule has 1 aromatic heterocycles. The maximum atomic E-state index is 11.6. The number of furan rings is 1. The van der Waals surface area contributed by atoms with Gasteiger partial charge in [0.05, 0.1) is 6.26 Å². The third-order valence-corrected chi connectivity index (χ3v) is 3.69. The minimum atomic E-state index is -0.372. The van der Waals surface area contributed by atoms with Crippen molar-refractivity contribution in [3.63, 3.8) is 0 Å². The molecular formula is C14H15N3O2S2. The molecule has 1 aromatic carbocycles. The highest BCUT2D eigenvalue weighted by atomic mass is 32.2. The Hall–Kier alpha value is -1.99. The second-order valence-corrected chi connectivity index (χ2v) is 5.55. The van der Waals surface area contributed by atoms with Crippen molar-refractivity contribution in [2.75, 3.05) is 12.3 Å². The Balaban J connectivity index is 1.59. The average Bonchev–Trinajstić information content (AvgIpc) is 3.05. The zero-order chi connectivity index (χ0) is 14.9. The van der Waals surface area contributed by atoms with Gasteiger partial charge in [-0.05, 0) is 36.5 Å². The lowest BCUT2D eigenvalue weighted by molar-refractivity contribution is 0.0916. The Bertz CT molecular complexity index is 573. The summed E-state index contributed by atoms with van der Waals surface area (Å²) in [5.41, 5.74) is 5.07. The van der Waals surface area contributed by atoms with E-state index in [1.165, 1.54) is 11.2 Å². The van der Waals surface area contributed by atoms with E-state index >= 15 is 0 Å². The average molecular weight is 321 g/mol. The van der Waals surface area contributed by atoms with Crippen molar-refractivity contribution < 1.29 is 9.21 Å². The first-order valence-electron chi connectivity index (χ1n) is 6.31. The number of benzene rings is 1. The van der Waals surface area contributed by atoms with Crippen molar-refractivity contribution in [2.45, 2.75) is 4.90 Å². The van der Waals surface area contributed by atoms with Gasteiger partial charge in [-0.1, -0.05) is 18.2 Å². The summed E-state index contributed by atoms with van der Waals surface area (Å²) >= 11 is 6.79. The number of hydrogen-bond donors (Lipinski definition) is 3. The number of hydrogen-bond acceptors (Lipinski definition) is 4. The number of rotatable bonds is 5. The Morgan fingerprint density at radius 1 is 1.14 bits per heavy atom. The fourth-order valence-corrected chi connectivity index (χ4v) is 2.42. The Labute approximate surface area is 132 Å². The lowest BCUT2D eigenvalue weighted by Gasteiger charge is -2.10. The second kappa shape index (κ2) is 8.33. The number of hydrazine groups is 1. The van der Waals surface area contributed by atoms with Crippen molar-refractivity contribution in [1.29, 1.82) is 0 Å². The summed E-state index contributed by atoms with van der Waals surface area (Å²) in [6.07, 6.45) is 1.44. The monoisotopic (exact) mass is 321 g/mol. The minimum Gasteiger partial charge on any atom is -0.459 e. The molecule has 5 nitrogen and oxygen atoms in total. The third-order valence-electron chi connectivity index (χ3n) is 2.43. The zero-order valence-corrected chi connectivity index (χ0v) is 12.8. The van der Waals surface area contributed by atoms with Crippen LogP contribution in [0.1, 0.15) is 10.6 Å². The molecule has 0 unspecified atom stereocenters. The van der Waals surface area contributed by atoms with Crippen LogP contribution in [-0.2, 0) is 0 Å². The van der Waals surface area contributed by atoms with Crippen molar-refractivity contribution in [2.24, 2.45) is 0 Å². The molecule has 1 heterocycles. The van der Waals surface area contributed by atoms with E-state index in [0.717, 1.165) is 5.75 Å². The topological polar surface area (TPSA) is 66.3 Å². The summed E-state index contributed by atoms with van der Waals surface area (Å²) in [5, 5.41) is 3.37. The van der Waals surface area contributed by atoms with Crippen LogP contribution >= 0.6 is 24.0 Å². The van der Waals surface area contributed by atoms with Crippen molar-refractivity contribution in [3.8, 4) is 0 Å². The minimum absolute atomic E-state index is 0.227. The summed E-state index contributed by atoms with van der Waals surface area (Å²) < 4.78 is 4.96. The van der Waals surface area contributed by atoms with Crippen molar-refractivity contribution in [3.05, 3.63) is 54.5 Å². The number of nitrogens with one attached hydrogen (secondary N) is 3. The quantitative estimate of drug-likeness (QED) is 0.339. The lowest BCUT2D eigenvalue weighted by atomic mass is 10.4. The van der Waals surface area contributed by atoms with Gasteiger partial charge in [-0.2, -0.15) is 0 Å². The first kappa shape index (κ1) is 15.4. The molecule has 2 rings (SSSR count). The number of carbonyl (C=O) groups is 1. The van der Waals surface area contributed by atoms with Crippen LogP contribution in [0.3, 0.4) is 0 Å². The zero-order valence-electron chi connectivity index (χ0n) is 11.2. The predicted octanol–water partition coefficient (Wildman–Crippen LogP) is 2.18. The molecule has 2 aromatic rings. The van der Waals surface area contributed by atoms with E-state index in [0.29, 0.717) is 11.7 Å². The van der Waals surface area contributed by atoms with Gasteiger partial charge in [0, 0.05) is 17.2 Å². The molecule has 0 aliphatic rings.